The molecule has 0 aliphatic heterocycles. The van der Waals surface area contributed by atoms with Crippen molar-refractivity contribution in [1.82, 2.24) is 4.98 Å². The third kappa shape index (κ3) is 3.81. The van der Waals surface area contributed by atoms with E-state index in [0.717, 1.165) is 0 Å². The molecular weight excluding hydrogens is 469 g/mol. The number of benzene rings is 1. The Bertz CT molecular complexity index is 815. The molecule has 0 unspecified atom stereocenters. The van der Waals surface area contributed by atoms with Gasteiger partial charge in [0.15, 0.2) is 5.15 Å². The van der Waals surface area contributed by atoms with Crippen LogP contribution in [0, 0.1) is 0 Å². The highest BCUT2D eigenvalue weighted by Crippen LogP contribution is 2.33. The number of anilines is 2. The van der Waals surface area contributed by atoms with Crippen LogP contribution in [-0.4, -0.2) is 13.4 Å². The van der Waals surface area contributed by atoms with Gasteiger partial charge in [0.1, 0.15) is 4.90 Å². The molecule has 1 heterocycles. The Balaban J connectivity index is 2.51. The highest BCUT2D eigenvalue weighted by Gasteiger charge is 2.21. The molecule has 112 valence electrons. The second-order valence-corrected chi connectivity index (χ2v) is 8.06. The number of hydrogen-bond donors (Lipinski definition) is 2. The predicted molar refractivity (Wildman–Crippen MR) is 91.3 cm³/mol. The summed E-state index contributed by atoms with van der Waals surface area (Å²) in [6.45, 7) is 0. The number of pyridine rings is 1. The molecule has 10 heteroatoms. The zero-order chi connectivity index (χ0) is 15.8. The number of nitrogens with zero attached hydrogens (tertiary/aromatic N) is 1. The minimum atomic E-state index is -3.93. The quantitative estimate of drug-likeness (QED) is 0.512. The number of rotatable bonds is 3. The molecule has 0 bridgehead atoms. The van der Waals surface area contributed by atoms with Crippen molar-refractivity contribution in [3.05, 3.63) is 43.5 Å². The average Bonchev–Trinajstić information content (AvgIpc) is 2.37. The molecule has 0 radical (unpaired) electrons. The largest absolute Gasteiger partial charge is 0.398 e. The number of nitrogen functional groups attached to an aromatic ring is 1. The number of aromatic nitrogens is 1. The fourth-order valence-corrected chi connectivity index (χ4v) is 4.36. The van der Waals surface area contributed by atoms with Crippen LogP contribution in [0.1, 0.15) is 0 Å². The lowest BCUT2D eigenvalue weighted by Crippen LogP contribution is -2.15. The zero-order valence-electron chi connectivity index (χ0n) is 10.1. The molecule has 0 atom stereocenters. The van der Waals surface area contributed by atoms with Gasteiger partial charge in [-0.15, -0.1) is 0 Å². The molecular formula is C11H7Br2Cl2N3O2S. The van der Waals surface area contributed by atoms with Crippen LogP contribution in [-0.2, 0) is 10.0 Å². The summed E-state index contributed by atoms with van der Waals surface area (Å²) in [7, 11) is -3.93. The van der Waals surface area contributed by atoms with Gasteiger partial charge in [-0.3, -0.25) is 4.72 Å². The van der Waals surface area contributed by atoms with Crippen LogP contribution in [0.15, 0.2) is 38.2 Å². The fraction of sp³-hybridized carbons (Fsp3) is 0. The van der Waals surface area contributed by atoms with Gasteiger partial charge in [-0.2, -0.15) is 0 Å². The first-order chi connectivity index (χ1) is 9.70. The summed E-state index contributed by atoms with van der Waals surface area (Å²) in [5, 5.41) is 0.224. The summed E-state index contributed by atoms with van der Waals surface area (Å²) in [6, 6.07) is 4.22. The van der Waals surface area contributed by atoms with Gasteiger partial charge < -0.3 is 5.73 Å². The lowest BCUT2D eigenvalue weighted by atomic mass is 10.3. The van der Waals surface area contributed by atoms with Gasteiger partial charge in [0.25, 0.3) is 10.0 Å². The van der Waals surface area contributed by atoms with Crippen molar-refractivity contribution in [3.63, 3.8) is 0 Å². The van der Waals surface area contributed by atoms with Crippen molar-refractivity contribution in [3.8, 4) is 0 Å². The van der Waals surface area contributed by atoms with E-state index in [1.54, 1.807) is 0 Å². The number of halogens is 4. The van der Waals surface area contributed by atoms with Gasteiger partial charge in [-0.05, 0) is 50.1 Å². The van der Waals surface area contributed by atoms with Crippen molar-refractivity contribution in [2.24, 2.45) is 0 Å². The Labute approximate surface area is 148 Å². The summed E-state index contributed by atoms with van der Waals surface area (Å²) < 4.78 is 28.0. The standard InChI is InChI=1S/C11H7Br2Cl2N3O2S/c12-5-1-8(11(15)17-4-5)18-21(19,20)9-3-6(14)2-7(16)10(9)13/h1-4,18H,16H2. The van der Waals surface area contributed by atoms with Crippen molar-refractivity contribution in [2.45, 2.75) is 4.90 Å². The number of sulfonamides is 1. The molecule has 0 aliphatic carbocycles. The van der Waals surface area contributed by atoms with E-state index in [4.69, 9.17) is 28.9 Å². The molecule has 1 aromatic carbocycles. The van der Waals surface area contributed by atoms with Gasteiger partial charge in [0.2, 0.25) is 0 Å². The second-order valence-electron chi connectivity index (χ2n) is 3.90. The van der Waals surface area contributed by atoms with E-state index in [2.05, 4.69) is 41.6 Å². The molecule has 0 fully saturated rings. The van der Waals surface area contributed by atoms with Crippen molar-refractivity contribution in [2.75, 3.05) is 10.5 Å². The van der Waals surface area contributed by atoms with E-state index in [1.807, 2.05) is 0 Å². The Morgan fingerprint density at radius 3 is 2.52 bits per heavy atom. The van der Waals surface area contributed by atoms with Gasteiger partial charge in [0.05, 0.1) is 10.2 Å². The molecule has 3 N–H and O–H groups in total. The maximum absolute atomic E-state index is 12.4. The molecule has 0 spiro atoms. The number of nitrogens with two attached hydrogens (primary N) is 1. The summed E-state index contributed by atoms with van der Waals surface area (Å²) in [6.07, 6.45) is 1.45. The Morgan fingerprint density at radius 1 is 1.19 bits per heavy atom. The van der Waals surface area contributed by atoms with E-state index in [9.17, 15) is 8.42 Å². The Morgan fingerprint density at radius 2 is 1.86 bits per heavy atom. The molecule has 1 aromatic heterocycles. The third-order valence-corrected chi connectivity index (χ3v) is 5.86. The van der Waals surface area contributed by atoms with Crippen molar-refractivity contribution >= 4 is 76.5 Å². The lowest BCUT2D eigenvalue weighted by Gasteiger charge is -2.12. The molecule has 0 saturated heterocycles. The minimum Gasteiger partial charge on any atom is -0.398 e. The van der Waals surface area contributed by atoms with Gasteiger partial charge in [0, 0.05) is 21.4 Å². The first-order valence-electron chi connectivity index (χ1n) is 5.29. The predicted octanol–water partition coefficient (Wildman–Crippen LogP) is 4.30. The van der Waals surface area contributed by atoms with E-state index in [1.165, 1.54) is 24.4 Å². The van der Waals surface area contributed by atoms with Gasteiger partial charge >= 0.3 is 0 Å². The first-order valence-corrected chi connectivity index (χ1v) is 9.11. The van der Waals surface area contributed by atoms with Crippen LogP contribution in [0.25, 0.3) is 0 Å². The van der Waals surface area contributed by atoms with Crippen LogP contribution < -0.4 is 10.5 Å². The van der Waals surface area contributed by atoms with Gasteiger partial charge in [-0.25, -0.2) is 13.4 Å². The molecule has 5 nitrogen and oxygen atoms in total. The van der Waals surface area contributed by atoms with Crippen LogP contribution >= 0.6 is 55.1 Å². The summed E-state index contributed by atoms with van der Waals surface area (Å²) in [5.41, 5.74) is 6.04. The normalized spacial score (nSPS) is 11.4. The topological polar surface area (TPSA) is 85.1 Å². The zero-order valence-corrected chi connectivity index (χ0v) is 15.6. The average molecular weight is 476 g/mol. The molecule has 0 amide bonds. The van der Waals surface area contributed by atoms with Crippen LogP contribution in [0.3, 0.4) is 0 Å². The first kappa shape index (κ1) is 16.8. The highest BCUT2D eigenvalue weighted by molar-refractivity contribution is 9.10. The molecule has 2 rings (SSSR count). The lowest BCUT2D eigenvalue weighted by molar-refractivity contribution is 0.601. The Hall–Kier alpha value is -0.540. The number of nitrogens with one attached hydrogen (secondary N) is 1. The maximum Gasteiger partial charge on any atom is 0.263 e. The fourth-order valence-electron chi connectivity index (χ4n) is 1.47. The Kier molecular flexibility index (Phi) is 5.04. The smallest absolute Gasteiger partial charge is 0.263 e. The van der Waals surface area contributed by atoms with Crippen LogP contribution in [0.2, 0.25) is 10.2 Å². The molecule has 0 aliphatic rings. The van der Waals surface area contributed by atoms with E-state index in [-0.39, 0.29) is 30.9 Å². The SMILES string of the molecule is Nc1cc(Cl)cc(S(=O)(=O)Nc2cc(Br)cnc2Cl)c1Br. The summed E-state index contributed by atoms with van der Waals surface area (Å²) in [5.74, 6) is 0. The van der Waals surface area contributed by atoms with Crippen molar-refractivity contribution < 1.29 is 8.42 Å². The van der Waals surface area contributed by atoms with Crippen LogP contribution in [0.4, 0.5) is 11.4 Å². The summed E-state index contributed by atoms with van der Waals surface area (Å²) in [4.78, 5) is 3.75. The maximum atomic E-state index is 12.4. The van der Waals surface area contributed by atoms with E-state index < -0.39 is 10.0 Å². The van der Waals surface area contributed by atoms with Gasteiger partial charge in [-0.1, -0.05) is 23.2 Å². The minimum absolute atomic E-state index is 0.0212. The van der Waals surface area contributed by atoms with E-state index in [0.29, 0.717) is 4.47 Å². The molecule has 0 saturated carbocycles. The van der Waals surface area contributed by atoms with E-state index >= 15 is 0 Å². The van der Waals surface area contributed by atoms with Crippen molar-refractivity contribution in [1.29, 1.82) is 0 Å². The highest BCUT2D eigenvalue weighted by atomic mass is 79.9. The second kappa shape index (κ2) is 6.29. The molecule has 21 heavy (non-hydrogen) atoms. The third-order valence-electron chi connectivity index (χ3n) is 2.37. The number of hydrogen-bond acceptors (Lipinski definition) is 4. The monoisotopic (exact) mass is 473 g/mol. The van der Waals surface area contributed by atoms with Crippen LogP contribution in [0.5, 0.6) is 0 Å². The molecule has 2 aromatic rings. The summed E-state index contributed by atoms with van der Waals surface area (Å²) >= 11 is 18.0.